The van der Waals surface area contributed by atoms with Crippen LogP contribution < -0.4 is 4.90 Å². The maximum absolute atomic E-state index is 2.45. The number of nitrogens with zero attached hydrogens (tertiary/aromatic N) is 1. The van der Waals surface area contributed by atoms with E-state index in [-0.39, 0.29) is 0 Å². The van der Waals surface area contributed by atoms with Gasteiger partial charge >= 0.3 is 0 Å². The number of aryl methyl sites for hydroxylation is 1. The van der Waals surface area contributed by atoms with Gasteiger partial charge < -0.3 is 4.90 Å². The summed E-state index contributed by atoms with van der Waals surface area (Å²) in [5, 5.41) is 0. The van der Waals surface area contributed by atoms with Crippen molar-refractivity contribution in [3.8, 4) is 0 Å². The lowest BCUT2D eigenvalue weighted by Crippen LogP contribution is -2.18. The minimum absolute atomic E-state index is 1.14. The van der Waals surface area contributed by atoms with Crippen LogP contribution in [0.25, 0.3) is 0 Å². The Kier molecular flexibility index (Phi) is 7.70. The lowest BCUT2D eigenvalue weighted by Gasteiger charge is -2.16. The SMILES string of the molecule is CC.CC.CCN1CCc2c(C)cccc21. The summed E-state index contributed by atoms with van der Waals surface area (Å²) in [6, 6.07) is 6.60. The van der Waals surface area contributed by atoms with Crippen molar-refractivity contribution in [2.24, 2.45) is 0 Å². The zero-order valence-electron chi connectivity index (χ0n) is 11.8. The molecule has 2 rings (SSSR count). The van der Waals surface area contributed by atoms with Gasteiger partial charge in [0.1, 0.15) is 0 Å². The predicted octanol–water partition coefficient (Wildman–Crippen LogP) is 4.43. The van der Waals surface area contributed by atoms with Gasteiger partial charge in [-0.1, -0.05) is 39.8 Å². The number of anilines is 1. The van der Waals surface area contributed by atoms with E-state index >= 15 is 0 Å². The summed E-state index contributed by atoms with van der Waals surface area (Å²) in [6.07, 6.45) is 1.23. The molecule has 0 spiro atoms. The fraction of sp³-hybridized carbons (Fsp3) is 0.600. The Labute approximate surface area is 101 Å². The van der Waals surface area contributed by atoms with Crippen molar-refractivity contribution in [2.45, 2.75) is 48.0 Å². The lowest BCUT2D eigenvalue weighted by atomic mass is 10.1. The third kappa shape index (κ3) is 3.26. The van der Waals surface area contributed by atoms with Crippen LogP contribution in [-0.2, 0) is 6.42 Å². The molecule has 1 aliphatic rings. The molecule has 0 N–H and O–H groups in total. The van der Waals surface area contributed by atoms with E-state index in [0.717, 1.165) is 6.54 Å². The fourth-order valence-corrected chi connectivity index (χ4v) is 2.00. The van der Waals surface area contributed by atoms with E-state index in [4.69, 9.17) is 0 Å². The van der Waals surface area contributed by atoms with Crippen LogP contribution in [0.5, 0.6) is 0 Å². The van der Waals surface area contributed by atoms with Crippen molar-refractivity contribution in [3.63, 3.8) is 0 Å². The molecule has 0 amide bonds. The van der Waals surface area contributed by atoms with Crippen LogP contribution in [0.15, 0.2) is 18.2 Å². The zero-order chi connectivity index (χ0) is 12.6. The molecule has 92 valence electrons. The molecule has 0 aliphatic carbocycles. The summed E-state index contributed by atoms with van der Waals surface area (Å²) in [7, 11) is 0. The Bertz CT molecular complexity index is 291. The van der Waals surface area contributed by atoms with Crippen molar-refractivity contribution >= 4 is 5.69 Å². The number of likely N-dealkylation sites (N-methyl/N-ethyl adjacent to an activating group) is 1. The van der Waals surface area contributed by atoms with Gasteiger partial charge in [-0.05, 0) is 37.5 Å². The van der Waals surface area contributed by atoms with E-state index in [2.05, 4.69) is 36.9 Å². The molecule has 0 fully saturated rings. The topological polar surface area (TPSA) is 3.24 Å². The van der Waals surface area contributed by atoms with E-state index in [1.165, 1.54) is 24.2 Å². The molecule has 1 aliphatic heterocycles. The van der Waals surface area contributed by atoms with Gasteiger partial charge in [-0.2, -0.15) is 0 Å². The summed E-state index contributed by atoms with van der Waals surface area (Å²) in [4.78, 5) is 2.45. The molecule has 0 saturated heterocycles. The van der Waals surface area contributed by atoms with Crippen LogP contribution in [0.1, 0.15) is 45.7 Å². The third-order valence-electron chi connectivity index (χ3n) is 2.74. The first-order chi connectivity index (χ1) is 7.83. The highest BCUT2D eigenvalue weighted by molar-refractivity contribution is 5.60. The maximum atomic E-state index is 2.45. The molecule has 0 unspecified atom stereocenters. The molecule has 0 atom stereocenters. The number of benzene rings is 1. The summed E-state index contributed by atoms with van der Waals surface area (Å²) in [6.45, 7) is 14.8. The second-order valence-corrected chi connectivity index (χ2v) is 3.40. The molecule has 0 saturated carbocycles. The molecule has 16 heavy (non-hydrogen) atoms. The number of hydrogen-bond donors (Lipinski definition) is 0. The van der Waals surface area contributed by atoms with Gasteiger partial charge in [-0.15, -0.1) is 0 Å². The van der Waals surface area contributed by atoms with Crippen molar-refractivity contribution in [2.75, 3.05) is 18.0 Å². The third-order valence-corrected chi connectivity index (χ3v) is 2.74. The predicted molar refractivity (Wildman–Crippen MR) is 75.5 cm³/mol. The van der Waals surface area contributed by atoms with Gasteiger partial charge in [0.05, 0.1) is 0 Å². The molecule has 1 aromatic rings. The molecule has 1 heteroatoms. The monoisotopic (exact) mass is 221 g/mol. The second-order valence-electron chi connectivity index (χ2n) is 3.40. The first-order valence-corrected chi connectivity index (χ1v) is 6.66. The summed E-state index contributed by atoms with van der Waals surface area (Å²) in [5.74, 6) is 0. The van der Waals surface area contributed by atoms with E-state index in [9.17, 15) is 0 Å². The molecule has 1 nitrogen and oxygen atoms in total. The molecule has 0 aromatic heterocycles. The highest BCUT2D eigenvalue weighted by Crippen LogP contribution is 2.29. The van der Waals surface area contributed by atoms with Crippen LogP contribution in [-0.4, -0.2) is 13.1 Å². The largest absolute Gasteiger partial charge is 0.371 e. The minimum atomic E-state index is 1.14. The van der Waals surface area contributed by atoms with Gasteiger partial charge in [0.2, 0.25) is 0 Å². The Morgan fingerprint density at radius 3 is 2.31 bits per heavy atom. The standard InChI is InChI=1S/C11H15N.2C2H6/c1-3-12-8-7-10-9(2)5-4-6-11(10)12;2*1-2/h4-6H,3,7-8H2,1-2H3;2*1-2H3. The first kappa shape index (κ1) is 15.0. The number of fused-ring (bicyclic) bond motifs is 1. The Morgan fingerprint density at radius 2 is 1.75 bits per heavy atom. The van der Waals surface area contributed by atoms with Gasteiger partial charge in [0.25, 0.3) is 0 Å². The molecule has 1 aromatic carbocycles. The molecule has 1 heterocycles. The van der Waals surface area contributed by atoms with E-state index < -0.39 is 0 Å². The van der Waals surface area contributed by atoms with Crippen LogP contribution in [0.3, 0.4) is 0 Å². The summed E-state index contributed by atoms with van der Waals surface area (Å²) < 4.78 is 0. The Hall–Kier alpha value is -0.980. The van der Waals surface area contributed by atoms with Crippen LogP contribution >= 0.6 is 0 Å². The van der Waals surface area contributed by atoms with Gasteiger partial charge in [0.15, 0.2) is 0 Å². The van der Waals surface area contributed by atoms with Crippen molar-refractivity contribution in [1.29, 1.82) is 0 Å². The van der Waals surface area contributed by atoms with E-state index in [0.29, 0.717) is 0 Å². The smallest absolute Gasteiger partial charge is 0.0402 e. The van der Waals surface area contributed by atoms with Gasteiger partial charge in [-0.3, -0.25) is 0 Å². The van der Waals surface area contributed by atoms with Gasteiger partial charge in [-0.25, -0.2) is 0 Å². The molecule has 0 bridgehead atoms. The van der Waals surface area contributed by atoms with Crippen molar-refractivity contribution < 1.29 is 0 Å². The minimum Gasteiger partial charge on any atom is -0.371 e. The lowest BCUT2D eigenvalue weighted by molar-refractivity contribution is 0.867. The summed E-state index contributed by atoms with van der Waals surface area (Å²) >= 11 is 0. The number of hydrogen-bond acceptors (Lipinski definition) is 1. The maximum Gasteiger partial charge on any atom is 0.0402 e. The van der Waals surface area contributed by atoms with Crippen LogP contribution in [0.4, 0.5) is 5.69 Å². The average Bonchev–Trinajstić information content (AvgIpc) is 2.79. The second kappa shape index (κ2) is 8.20. The van der Waals surface area contributed by atoms with Crippen molar-refractivity contribution in [3.05, 3.63) is 29.3 Å². The number of rotatable bonds is 1. The summed E-state index contributed by atoms with van der Waals surface area (Å²) in [5.41, 5.74) is 4.46. The fourth-order valence-electron chi connectivity index (χ4n) is 2.00. The molecular formula is C15H27N. The van der Waals surface area contributed by atoms with E-state index in [1.54, 1.807) is 5.56 Å². The highest BCUT2D eigenvalue weighted by atomic mass is 15.1. The molecular weight excluding hydrogens is 194 g/mol. The quantitative estimate of drug-likeness (QED) is 0.678. The Morgan fingerprint density at radius 1 is 1.12 bits per heavy atom. The van der Waals surface area contributed by atoms with Gasteiger partial charge in [0, 0.05) is 18.8 Å². The van der Waals surface area contributed by atoms with Crippen molar-refractivity contribution in [1.82, 2.24) is 0 Å². The normalized spacial score (nSPS) is 12.0. The van der Waals surface area contributed by atoms with Crippen LogP contribution in [0.2, 0.25) is 0 Å². The van der Waals surface area contributed by atoms with E-state index in [1.807, 2.05) is 27.7 Å². The average molecular weight is 221 g/mol. The van der Waals surface area contributed by atoms with Crippen LogP contribution in [0, 0.1) is 6.92 Å². The highest BCUT2D eigenvalue weighted by Gasteiger charge is 2.17. The first-order valence-electron chi connectivity index (χ1n) is 6.66. The zero-order valence-corrected chi connectivity index (χ0v) is 11.8. The molecule has 0 radical (unpaired) electrons. The Balaban J connectivity index is 0.000000509.